The van der Waals surface area contributed by atoms with Crippen LogP contribution in [0.4, 0.5) is 0 Å². The molecule has 142 valence electrons. The average molecular weight is 368 g/mol. The fourth-order valence-electron chi connectivity index (χ4n) is 2.06. The summed E-state index contributed by atoms with van der Waals surface area (Å²) in [6.45, 7) is 5.00. The van der Waals surface area contributed by atoms with Crippen molar-refractivity contribution >= 4 is 19.5 Å². The molecule has 0 aliphatic carbocycles. The first-order valence-electron chi connectivity index (χ1n) is 7.92. The SMILES string of the molecule is CC(O)CC(=O)NC(C(C)C)P(=O)(O)OC(CCCCN)C(=O)O. The maximum Gasteiger partial charge on any atom is 0.351 e. The third kappa shape index (κ3) is 8.75. The van der Waals surface area contributed by atoms with Gasteiger partial charge in [-0.2, -0.15) is 0 Å². The van der Waals surface area contributed by atoms with E-state index in [0.29, 0.717) is 19.4 Å². The van der Waals surface area contributed by atoms with E-state index in [4.69, 9.17) is 15.4 Å². The summed E-state index contributed by atoms with van der Waals surface area (Å²) in [6.07, 6.45) is -1.54. The predicted molar refractivity (Wildman–Crippen MR) is 88.3 cm³/mol. The first kappa shape index (κ1) is 23.0. The average Bonchev–Trinajstić information content (AvgIpc) is 2.42. The lowest BCUT2D eigenvalue weighted by atomic mass is 10.1. The fraction of sp³-hybridized carbons (Fsp3) is 0.857. The number of hydrogen-bond acceptors (Lipinski definition) is 6. The third-order valence-corrected chi connectivity index (χ3v) is 5.23. The Hall–Kier alpha value is -0.990. The molecule has 0 heterocycles. The summed E-state index contributed by atoms with van der Waals surface area (Å²) in [5, 5.41) is 20.7. The van der Waals surface area contributed by atoms with Crippen molar-refractivity contribution in [1.82, 2.24) is 5.32 Å². The number of carbonyl (C=O) groups is 2. The zero-order valence-corrected chi connectivity index (χ0v) is 15.2. The van der Waals surface area contributed by atoms with E-state index < -0.39 is 43.4 Å². The summed E-state index contributed by atoms with van der Waals surface area (Å²) in [5.74, 6) is -3.70. The fourth-order valence-corrected chi connectivity index (χ4v) is 3.81. The molecular formula is C14H29N2O7P. The van der Waals surface area contributed by atoms with Gasteiger partial charge in [0.2, 0.25) is 5.91 Å². The molecule has 0 saturated heterocycles. The van der Waals surface area contributed by atoms with E-state index in [-0.39, 0.29) is 12.8 Å². The minimum atomic E-state index is -4.44. The van der Waals surface area contributed by atoms with Crippen LogP contribution < -0.4 is 11.1 Å². The van der Waals surface area contributed by atoms with Gasteiger partial charge >= 0.3 is 13.6 Å². The number of nitrogens with two attached hydrogens (primary N) is 1. The molecule has 4 unspecified atom stereocenters. The number of aliphatic carboxylic acids is 1. The Kier molecular flexibility index (Phi) is 10.3. The second kappa shape index (κ2) is 10.8. The van der Waals surface area contributed by atoms with Crippen LogP contribution in [0.3, 0.4) is 0 Å². The van der Waals surface area contributed by atoms with E-state index in [2.05, 4.69) is 5.32 Å². The molecule has 0 fully saturated rings. The second-order valence-corrected chi connectivity index (χ2v) is 7.99. The van der Waals surface area contributed by atoms with Crippen LogP contribution in [-0.4, -0.2) is 51.5 Å². The van der Waals surface area contributed by atoms with Crippen LogP contribution in [0.25, 0.3) is 0 Å². The highest BCUT2D eigenvalue weighted by atomic mass is 31.2. The van der Waals surface area contributed by atoms with Gasteiger partial charge in [-0.1, -0.05) is 13.8 Å². The molecule has 4 atom stereocenters. The Morgan fingerprint density at radius 3 is 2.25 bits per heavy atom. The summed E-state index contributed by atoms with van der Waals surface area (Å²) in [5.41, 5.74) is 5.34. The molecule has 0 aliphatic rings. The first-order valence-corrected chi connectivity index (χ1v) is 9.57. The van der Waals surface area contributed by atoms with Gasteiger partial charge in [0.1, 0.15) is 5.78 Å². The van der Waals surface area contributed by atoms with Crippen molar-refractivity contribution in [2.24, 2.45) is 11.7 Å². The summed E-state index contributed by atoms with van der Waals surface area (Å²) in [4.78, 5) is 33.2. The zero-order valence-electron chi connectivity index (χ0n) is 14.3. The van der Waals surface area contributed by atoms with Crippen LogP contribution in [0.5, 0.6) is 0 Å². The maximum atomic E-state index is 12.5. The smallest absolute Gasteiger partial charge is 0.351 e. The molecular weight excluding hydrogens is 339 g/mol. The number of carbonyl (C=O) groups excluding carboxylic acids is 1. The van der Waals surface area contributed by atoms with Crippen molar-refractivity contribution < 1.29 is 33.8 Å². The Morgan fingerprint density at radius 2 is 1.83 bits per heavy atom. The van der Waals surface area contributed by atoms with Crippen molar-refractivity contribution in [3.63, 3.8) is 0 Å². The summed E-state index contributed by atoms with van der Waals surface area (Å²) in [6, 6.07) is 0. The molecule has 6 N–H and O–H groups in total. The minimum absolute atomic E-state index is 0.0452. The van der Waals surface area contributed by atoms with E-state index in [1.807, 2.05) is 0 Å². The second-order valence-electron chi connectivity index (χ2n) is 6.09. The Morgan fingerprint density at radius 1 is 1.25 bits per heavy atom. The van der Waals surface area contributed by atoms with Gasteiger partial charge in [-0.3, -0.25) is 13.9 Å². The van der Waals surface area contributed by atoms with Gasteiger partial charge in [-0.05, 0) is 38.6 Å². The van der Waals surface area contributed by atoms with Gasteiger partial charge in [0.05, 0.1) is 12.5 Å². The highest BCUT2D eigenvalue weighted by Crippen LogP contribution is 2.50. The van der Waals surface area contributed by atoms with Crippen LogP contribution in [0, 0.1) is 5.92 Å². The predicted octanol–water partition coefficient (Wildman–Crippen LogP) is 0.640. The minimum Gasteiger partial charge on any atom is -0.479 e. The lowest BCUT2D eigenvalue weighted by molar-refractivity contribution is -0.145. The third-order valence-electron chi connectivity index (χ3n) is 3.25. The van der Waals surface area contributed by atoms with Crippen molar-refractivity contribution in [3.05, 3.63) is 0 Å². The molecule has 0 rings (SSSR count). The molecule has 1 amide bonds. The monoisotopic (exact) mass is 368 g/mol. The molecule has 24 heavy (non-hydrogen) atoms. The summed E-state index contributed by atoms with van der Waals surface area (Å²) in [7, 11) is -4.44. The number of amides is 1. The number of unbranched alkanes of at least 4 members (excludes halogenated alkanes) is 1. The number of aliphatic hydroxyl groups excluding tert-OH is 1. The topological polar surface area (TPSA) is 159 Å². The normalized spacial score (nSPS) is 17.8. The van der Waals surface area contributed by atoms with E-state index in [9.17, 15) is 24.2 Å². The molecule has 10 heteroatoms. The molecule has 0 saturated carbocycles. The van der Waals surface area contributed by atoms with E-state index >= 15 is 0 Å². The van der Waals surface area contributed by atoms with Crippen LogP contribution in [0.15, 0.2) is 0 Å². The van der Waals surface area contributed by atoms with Crippen LogP contribution in [0.1, 0.15) is 46.5 Å². The summed E-state index contributed by atoms with van der Waals surface area (Å²) < 4.78 is 17.5. The van der Waals surface area contributed by atoms with Crippen molar-refractivity contribution in [1.29, 1.82) is 0 Å². The van der Waals surface area contributed by atoms with E-state index in [1.165, 1.54) is 6.92 Å². The number of carboxylic acid groups (broad SMARTS) is 1. The maximum absolute atomic E-state index is 12.5. The van der Waals surface area contributed by atoms with Gasteiger partial charge in [0.25, 0.3) is 0 Å². The van der Waals surface area contributed by atoms with Crippen molar-refractivity contribution in [2.75, 3.05) is 6.54 Å². The Labute approximate surface area is 142 Å². The van der Waals surface area contributed by atoms with Crippen molar-refractivity contribution in [2.45, 2.75) is 64.4 Å². The number of carboxylic acids is 1. The van der Waals surface area contributed by atoms with E-state index in [1.54, 1.807) is 13.8 Å². The quantitative estimate of drug-likeness (QED) is 0.248. The highest BCUT2D eigenvalue weighted by Gasteiger charge is 2.40. The molecule has 0 spiro atoms. The van der Waals surface area contributed by atoms with Gasteiger partial charge in [0, 0.05) is 0 Å². The van der Waals surface area contributed by atoms with E-state index in [0.717, 1.165) is 0 Å². The number of aliphatic hydroxyl groups is 1. The number of rotatable bonds is 12. The van der Waals surface area contributed by atoms with Gasteiger partial charge in [0.15, 0.2) is 6.10 Å². The lowest BCUT2D eigenvalue weighted by Crippen LogP contribution is -2.41. The first-order chi connectivity index (χ1) is 11.0. The highest BCUT2D eigenvalue weighted by molar-refractivity contribution is 7.53. The van der Waals surface area contributed by atoms with Gasteiger partial charge in [-0.15, -0.1) is 0 Å². The van der Waals surface area contributed by atoms with Crippen molar-refractivity contribution in [3.8, 4) is 0 Å². The Bertz CT molecular complexity index is 456. The molecule has 0 aromatic carbocycles. The number of nitrogens with one attached hydrogen (secondary N) is 1. The molecule has 0 aliphatic heterocycles. The molecule has 0 radical (unpaired) electrons. The number of hydrogen-bond donors (Lipinski definition) is 5. The van der Waals surface area contributed by atoms with Crippen LogP contribution >= 0.6 is 7.60 Å². The zero-order chi connectivity index (χ0) is 18.9. The Balaban J connectivity index is 5.05. The van der Waals surface area contributed by atoms with Gasteiger partial charge < -0.3 is 26.2 Å². The molecule has 0 aromatic heterocycles. The molecule has 0 aromatic rings. The lowest BCUT2D eigenvalue weighted by Gasteiger charge is -2.28. The largest absolute Gasteiger partial charge is 0.479 e. The standard InChI is InChI=1S/C14H29N2O7P/c1-9(2)13(16-12(18)8-10(3)17)24(21,22)23-11(14(19)20)6-4-5-7-15/h9-11,13,17H,4-8,15H2,1-3H3,(H,16,18)(H,19,20)(H,21,22). The molecule has 9 nitrogen and oxygen atoms in total. The van der Waals surface area contributed by atoms with Gasteiger partial charge in [-0.25, -0.2) is 4.79 Å². The molecule has 0 bridgehead atoms. The summed E-state index contributed by atoms with van der Waals surface area (Å²) >= 11 is 0. The van der Waals surface area contributed by atoms with Crippen LogP contribution in [-0.2, 0) is 18.7 Å². The van der Waals surface area contributed by atoms with Crippen LogP contribution in [0.2, 0.25) is 0 Å².